The van der Waals surface area contributed by atoms with Crippen LogP contribution in [0.15, 0.2) is 61.2 Å². The van der Waals surface area contributed by atoms with Crippen LogP contribution < -0.4 is 5.32 Å². The van der Waals surface area contributed by atoms with Gasteiger partial charge in [-0.3, -0.25) is 0 Å². The van der Waals surface area contributed by atoms with Gasteiger partial charge in [0.25, 0.3) is 0 Å². The summed E-state index contributed by atoms with van der Waals surface area (Å²) in [6, 6.07) is 14.0. The van der Waals surface area contributed by atoms with Crippen LogP contribution in [0.5, 0.6) is 0 Å². The van der Waals surface area contributed by atoms with Gasteiger partial charge in [0.15, 0.2) is 11.5 Å². The number of anilines is 2. The minimum atomic E-state index is 0.719. The molecule has 3 aromatic heterocycles. The predicted octanol–water partition coefficient (Wildman–Crippen LogP) is 3.82. The smallest absolute Gasteiger partial charge is 0.170 e. The second-order valence-electron chi connectivity index (χ2n) is 5.46. The molecule has 0 spiro atoms. The van der Waals surface area contributed by atoms with Gasteiger partial charge >= 0.3 is 0 Å². The van der Waals surface area contributed by atoms with E-state index in [-0.39, 0.29) is 0 Å². The van der Waals surface area contributed by atoms with Crippen LogP contribution in [0.2, 0.25) is 0 Å². The van der Waals surface area contributed by atoms with E-state index in [1.165, 1.54) is 11.9 Å². The van der Waals surface area contributed by atoms with Gasteiger partial charge in [-0.2, -0.15) is 21.5 Å². The number of nitrogens with one attached hydrogen (secondary N) is 1. The lowest BCUT2D eigenvalue weighted by atomic mass is 10.2. The van der Waals surface area contributed by atoms with Crippen LogP contribution >= 0.6 is 11.8 Å². The molecule has 0 radical (unpaired) electrons. The van der Waals surface area contributed by atoms with Crippen molar-refractivity contribution >= 4 is 34.3 Å². The van der Waals surface area contributed by atoms with Crippen LogP contribution in [0.25, 0.3) is 16.9 Å². The summed E-state index contributed by atoms with van der Waals surface area (Å²) in [7, 11) is 0. The van der Waals surface area contributed by atoms with E-state index < -0.39 is 0 Å². The van der Waals surface area contributed by atoms with Crippen molar-refractivity contribution in [3.05, 3.63) is 66.7 Å². The molecule has 124 valence electrons. The molecule has 0 bridgehead atoms. The number of thioether (sulfide) groups is 1. The molecule has 0 saturated carbocycles. The fourth-order valence-corrected chi connectivity index (χ4v) is 3.15. The van der Waals surface area contributed by atoms with Gasteiger partial charge in [0, 0.05) is 17.6 Å². The third kappa shape index (κ3) is 3.18. The van der Waals surface area contributed by atoms with Crippen molar-refractivity contribution in [2.24, 2.45) is 0 Å². The topological polar surface area (TPSA) is 68.5 Å². The van der Waals surface area contributed by atoms with Crippen molar-refractivity contribution in [2.45, 2.75) is 5.75 Å². The Bertz CT molecular complexity index is 999. The molecule has 4 rings (SSSR count). The lowest BCUT2D eigenvalue weighted by molar-refractivity contribution is 0.861. The second kappa shape index (κ2) is 6.90. The second-order valence-corrected chi connectivity index (χ2v) is 6.33. The average Bonchev–Trinajstić information content (AvgIpc) is 3.08. The molecule has 0 unspecified atom stereocenters. The first kappa shape index (κ1) is 15.6. The number of rotatable bonds is 5. The first-order valence-electron chi connectivity index (χ1n) is 7.80. The zero-order chi connectivity index (χ0) is 17.1. The summed E-state index contributed by atoms with van der Waals surface area (Å²) in [6.45, 7) is 0. The average molecular weight is 348 g/mol. The zero-order valence-corrected chi connectivity index (χ0v) is 14.4. The number of hydrogen-bond acceptors (Lipinski definition) is 6. The normalized spacial score (nSPS) is 10.9. The van der Waals surface area contributed by atoms with Crippen molar-refractivity contribution in [3.63, 3.8) is 0 Å². The number of fused-ring (bicyclic) bond motifs is 1. The summed E-state index contributed by atoms with van der Waals surface area (Å²) in [5.41, 5.74) is 2.99. The monoisotopic (exact) mass is 348 g/mol. The van der Waals surface area contributed by atoms with E-state index in [1.807, 2.05) is 30.3 Å². The number of hydrogen-bond donors (Lipinski definition) is 1. The van der Waals surface area contributed by atoms with Gasteiger partial charge in [-0.05, 0) is 36.1 Å². The highest BCUT2D eigenvalue weighted by molar-refractivity contribution is 7.97. The first-order chi connectivity index (χ1) is 12.3. The molecule has 3 heterocycles. The van der Waals surface area contributed by atoms with Crippen LogP contribution in [0.3, 0.4) is 0 Å². The fraction of sp³-hybridized carbons (Fsp3) is 0.111. The van der Waals surface area contributed by atoms with Crippen LogP contribution in [0.4, 0.5) is 11.5 Å². The van der Waals surface area contributed by atoms with Crippen molar-refractivity contribution in [3.8, 4) is 5.82 Å². The maximum Gasteiger partial charge on any atom is 0.170 e. The van der Waals surface area contributed by atoms with E-state index >= 15 is 0 Å². The Balaban J connectivity index is 1.72. The minimum Gasteiger partial charge on any atom is -0.340 e. The first-order valence-corrected chi connectivity index (χ1v) is 9.19. The van der Waals surface area contributed by atoms with Crippen LogP contribution in [0, 0.1) is 0 Å². The van der Waals surface area contributed by atoms with Crippen molar-refractivity contribution in [1.29, 1.82) is 0 Å². The van der Waals surface area contributed by atoms with Gasteiger partial charge in [0.2, 0.25) is 0 Å². The fourth-order valence-electron chi connectivity index (χ4n) is 2.63. The van der Waals surface area contributed by atoms with E-state index in [1.54, 1.807) is 28.8 Å². The van der Waals surface area contributed by atoms with Crippen molar-refractivity contribution in [1.82, 2.24) is 24.7 Å². The molecular weight excluding hydrogens is 332 g/mol. The Labute approximate surface area is 149 Å². The van der Waals surface area contributed by atoms with Crippen molar-refractivity contribution < 1.29 is 0 Å². The third-order valence-electron chi connectivity index (χ3n) is 3.73. The Kier molecular flexibility index (Phi) is 4.30. The largest absolute Gasteiger partial charge is 0.340 e. The van der Waals surface area contributed by atoms with E-state index in [0.29, 0.717) is 0 Å². The molecule has 25 heavy (non-hydrogen) atoms. The van der Waals surface area contributed by atoms with Crippen molar-refractivity contribution in [2.75, 3.05) is 11.6 Å². The third-order valence-corrected chi connectivity index (χ3v) is 4.35. The molecular formula is C18H16N6S. The Morgan fingerprint density at radius 2 is 2.04 bits per heavy atom. The Morgan fingerprint density at radius 1 is 1.08 bits per heavy atom. The summed E-state index contributed by atoms with van der Waals surface area (Å²) in [6.07, 6.45) is 7.14. The highest BCUT2D eigenvalue weighted by Gasteiger charge is 2.11. The van der Waals surface area contributed by atoms with E-state index in [4.69, 9.17) is 0 Å². The van der Waals surface area contributed by atoms with E-state index in [2.05, 4.69) is 43.8 Å². The van der Waals surface area contributed by atoms with Gasteiger partial charge in [-0.15, -0.1) is 0 Å². The SMILES string of the molecule is CSCc1cccc(Nc2ncnc3c2cnn3-c2ccccn2)c1. The maximum absolute atomic E-state index is 4.42. The van der Waals surface area contributed by atoms with Gasteiger partial charge in [-0.25, -0.2) is 15.0 Å². The molecule has 0 amide bonds. The summed E-state index contributed by atoms with van der Waals surface area (Å²) < 4.78 is 1.71. The summed E-state index contributed by atoms with van der Waals surface area (Å²) in [5, 5.41) is 8.65. The molecule has 7 heteroatoms. The molecule has 0 aliphatic rings. The number of nitrogens with zero attached hydrogens (tertiary/aromatic N) is 5. The van der Waals surface area contributed by atoms with Gasteiger partial charge < -0.3 is 5.32 Å². The van der Waals surface area contributed by atoms with Gasteiger partial charge in [0.1, 0.15) is 12.1 Å². The van der Waals surface area contributed by atoms with E-state index in [9.17, 15) is 0 Å². The molecule has 1 aromatic carbocycles. The number of benzene rings is 1. The molecule has 6 nitrogen and oxygen atoms in total. The molecule has 4 aromatic rings. The standard InChI is InChI=1S/C18H16N6S/c1-25-11-13-5-4-6-14(9-13)23-17-15-10-22-24(18(15)21-12-20-17)16-7-2-3-8-19-16/h2-10,12H,11H2,1H3,(H,20,21,23). The molecule has 1 N–H and O–H groups in total. The van der Waals surface area contributed by atoms with Crippen LogP contribution in [-0.4, -0.2) is 31.0 Å². The van der Waals surface area contributed by atoms with Crippen LogP contribution in [0.1, 0.15) is 5.56 Å². The summed E-state index contributed by atoms with van der Waals surface area (Å²) in [4.78, 5) is 13.1. The quantitative estimate of drug-likeness (QED) is 0.591. The van der Waals surface area contributed by atoms with Crippen LogP contribution in [-0.2, 0) is 5.75 Å². The molecule has 0 saturated heterocycles. The lowest BCUT2D eigenvalue weighted by Gasteiger charge is -2.08. The summed E-state index contributed by atoms with van der Waals surface area (Å²) >= 11 is 1.80. The Hall–Kier alpha value is -2.93. The number of aromatic nitrogens is 5. The molecule has 0 fully saturated rings. The predicted molar refractivity (Wildman–Crippen MR) is 101 cm³/mol. The van der Waals surface area contributed by atoms with E-state index in [0.717, 1.165) is 34.1 Å². The van der Waals surface area contributed by atoms with Gasteiger partial charge in [-0.1, -0.05) is 18.2 Å². The highest BCUT2D eigenvalue weighted by Crippen LogP contribution is 2.25. The zero-order valence-electron chi connectivity index (χ0n) is 13.6. The highest BCUT2D eigenvalue weighted by atomic mass is 32.2. The molecule has 0 atom stereocenters. The Morgan fingerprint density at radius 3 is 2.88 bits per heavy atom. The van der Waals surface area contributed by atoms with Gasteiger partial charge in [0.05, 0.1) is 11.6 Å². The lowest BCUT2D eigenvalue weighted by Crippen LogP contribution is -2.01. The number of pyridine rings is 1. The molecule has 0 aliphatic heterocycles. The summed E-state index contributed by atoms with van der Waals surface area (Å²) in [5.74, 6) is 2.43. The molecule has 0 aliphatic carbocycles. The maximum atomic E-state index is 4.42. The minimum absolute atomic E-state index is 0.719.